The fourth-order valence-corrected chi connectivity index (χ4v) is 10.9. The number of fused-ring (bicyclic) bond motifs is 3. The first-order valence-electron chi connectivity index (χ1n) is 22.4. The molecule has 0 fully saturated rings. The van der Waals surface area contributed by atoms with Gasteiger partial charge in [0.05, 0.1) is 11.0 Å². The van der Waals surface area contributed by atoms with E-state index in [-0.39, 0.29) is 0 Å². The summed E-state index contributed by atoms with van der Waals surface area (Å²) in [5.74, 6) is 0. The molecule has 65 heavy (non-hydrogen) atoms. The first-order chi connectivity index (χ1) is 32.2. The maximum absolute atomic E-state index is 2.42. The number of hydrogen-bond acceptors (Lipinski definition) is 2. The highest BCUT2D eigenvalue weighted by molar-refractivity contribution is 6.25. The number of nitrogens with zero attached hydrogens (tertiary/aromatic N) is 3. The first kappa shape index (κ1) is 35.9. The second kappa shape index (κ2) is 13.9. The molecule has 0 saturated heterocycles. The van der Waals surface area contributed by atoms with Crippen LogP contribution in [0.2, 0.25) is 0 Å². The molecular formula is C62H39N3. The van der Waals surface area contributed by atoms with E-state index in [1.807, 2.05) is 0 Å². The monoisotopic (exact) mass is 825 g/mol. The summed E-state index contributed by atoms with van der Waals surface area (Å²) in [4.78, 5) is 4.84. The van der Waals surface area contributed by atoms with Crippen LogP contribution in [0, 0.1) is 0 Å². The average Bonchev–Trinajstić information content (AvgIpc) is 3.69. The van der Waals surface area contributed by atoms with Gasteiger partial charge in [0.1, 0.15) is 0 Å². The number of rotatable bonds is 7. The van der Waals surface area contributed by atoms with E-state index in [2.05, 4.69) is 251 Å². The van der Waals surface area contributed by atoms with Crippen molar-refractivity contribution in [3.63, 3.8) is 0 Å². The molecule has 0 amide bonds. The van der Waals surface area contributed by atoms with Gasteiger partial charge in [-0.15, -0.1) is 0 Å². The average molecular weight is 826 g/mol. The third-order valence-corrected chi connectivity index (χ3v) is 13.7. The summed E-state index contributed by atoms with van der Waals surface area (Å²) >= 11 is 0. The number of benzene rings is 13. The van der Waals surface area contributed by atoms with Crippen LogP contribution in [0.4, 0.5) is 34.1 Å². The summed E-state index contributed by atoms with van der Waals surface area (Å²) in [6.07, 6.45) is 0. The third kappa shape index (κ3) is 5.49. The van der Waals surface area contributed by atoms with Gasteiger partial charge >= 0.3 is 0 Å². The lowest BCUT2D eigenvalue weighted by Crippen LogP contribution is -2.10. The molecule has 14 rings (SSSR count). The molecule has 0 saturated carbocycles. The van der Waals surface area contributed by atoms with Gasteiger partial charge in [0, 0.05) is 50.6 Å². The molecule has 0 aliphatic rings. The molecule has 14 aromatic rings. The van der Waals surface area contributed by atoms with Crippen LogP contribution >= 0.6 is 0 Å². The molecule has 302 valence electrons. The van der Waals surface area contributed by atoms with Crippen LogP contribution in [0.25, 0.3) is 92.1 Å². The van der Waals surface area contributed by atoms with Crippen molar-refractivity contribution in [2.45, 2.75) is 0 Å². The first-order valence-corrected chi connectivity index (χ1v) is 22.4. The van der Waals surface area contributed by atoms with Crippen molar-refractivity contribution in [1.82, 2.24) is 4.57 Å². The summed E-state index contributed by atoms with van der Waals surface area (Å²) in [5, 5.41) is 17.7. The summed E-state index contributed by atoms with van der Waals surface area (Å²) < 4.78 is 2.42. The van der Waals surface area contributed by atoms with Crippen molar-refractivity contribution < 1.29 is 0 Å². The van der Waals surface area contributed by atoms with Crippen LogP contribution < -0.4 is 9.80 Å². The van der Waals surface area contributed by atoms with Gasteiger partial charge in [-0.05, 0) is 162 Å². The Morgan fingerprint density at radius 3 is 0.954 bits per heavy atom. The largest absolute Gasteiger partial charge is 0.310 e. The standard InChI is InChI=1S/C62H39N3/c1-4-16-48(17-5-1)63(53-34-44-26-22-40-12-10-13-41-23-27-45(35-53)61(44)59(40)41)51-30-32-57-55(38-51)56-39-52(31-33-58(56)65(57)50-20-8-3-9-21-50)64(49-18-6-2-7-19-49)54-36-46-28-24-42-14-11-15-43-25-29-47(37-54)62(46)60(42)43/h1-39H. The molecular weight excluding hydrogens is 787 g/mol. The van der Waals surface area contributed by atoms with Gasteiger partial charge in [0.25, 0.3) is 0 Å². The Hall–Kier alpha value is -8.66. The molecule has 0 unspecified atom stereocenters. The summed E-state index contributed by atoms with van der Waals surface area (Å²) in [5.41, 5.74) is 10.1. The van der Waals surface area contributed by atoms with Crippen LogP contribution in [0.5, 0.6) is 0 Å². The van der Waals surface area contributed by atoms with Gasteiger partial charge in [0.2, 0.25) is 0 Å². The molecule has 0 radical (unpaired) electrons. The van der Waals surface area contributed by atoms with Gasteiger partial charge in [0.15, 0.2) is 0 Å². The highest BCUT2D eigenvalue weighted by atomic mass is 15.1. The van der Waals surface area contributed by atoms with Crippen molar-refractivity contribution in [3.8, 4) is 5.69 Å². The van der Waals surface area contributed by atoms with Crippen molar-refractivity contribution in [1.29, 1.82) is 0 Å². The lowest BCUT2D eigenvalue weighted by molar-refractivity contribution is 1.18. The maximum Gasteiger partial charge on any atom is 0.0542 e. The second-order valence-electron chi connectivity index (χ2n) is 17.4. The molecule has 0 spiro atoms. The van der Waals surface area contributed by atoms with Gasteiger partial charge in [-0.25, -0.2) is 0 Å². The SMILES string of the molecule is c1ccc(N(c2cc3ccc4cccc5ccc(c2)c3c45)c2ccc3c(c2)c2cc(N(c4ccccc4)c4cc5ccc6cccc7ccc(c4)c5c67)ccc2n3-c2ccccc2)cc1. The topological polar surface area (TPSA) is 11.4 Å². The zero-order chi connectivity index (χ0) is 42.6. The van der Waals surface area contributed by atoms with E-state index in [9.17, 15) is 0 Å². The predicted molar refractivity (Wildman–Crippen MR) is 278 cm³/mol. The fraction of sp³-hybridized carbons (Fsp3) is 0. The van der Waals surface area contributed by atoms with Gasteiger partial charge in [-0.1, -0.05) is 140 Å². The van der Waals surface area contributed by atoms with E-state index >= 15 is 0 Å². The number of aromatic nitrogens is 1. The minimum Gasteiger partial charge on any atom is -0.310 e. The third-order valence-electron chi connectivity index (χ3n) is 13.7. The van der Waals surface area contributed by atoms with E-state index in [1.54, 1.807) is 0 Å². The number of para-hydroxylation sites is 3. The van der Waals surface area contributed by atoms with E-state index in [0.717, 1.165) is 50.8 Å². The van der Waals surface area contributed by atoms with Gasteiger partial charge in [-0.3, -0.25) is 0 Å². The Balaban J connectivity index is 1.00. The number of anilines is 6. The van der Waals surface area contributed by atoms with Crippen molar-refractivity contribution in [2.24, 2.45) is 0 Å². The number of hydrogen-bond donors (Lipinski definition) is 0. The van der Waals surface area contributed by atoms with Crippen molar-refractivity contribution in [3.05, 3.63) is 237 Å². The minimum absolute atomic E-state index is 1.10. The zero-order valence-electron chi connectivity index (χ0n) is 35.4. The lowest BCUT2D eigenvalue weighted by atomic mass is 9.93. The van der Waals surface area contributed by atoms with Crippen LogP contribution in [-0.2, 0) is 0 Å². The quantitative estimate of drug-likeness (QED) is 0.148. The zero-order valence-corrected chi connectivity index (χ0v) is 35.4. The Morgan fingerprint density at radius 2 is 0.569 bits per heavy atom. The predicted octanol–water partition coefficient (Wildman–Crippen LogP) is 17.5. The molecule has 3 heteroatoms. The molecule has 0 N–H and O–H groups in total. The molecule has 3 nitrogen and oxygen atoms in total. The Bertz CT molecular complexity index is 3740. The molecule has 0 bridgehead atoms. The molecule has 0 aliphatic carbocycles. The molecule has 1 heterocycles. The van der Waals surface area contributed by atoms with Crippen molar-refractivity contribution in [2.75, 3.05) is 9.80 Å². The lowest BCUT2D eigenvalue weighted by Gasteiger charge is -2.27. The van der Waals surface area contributed by atoms with Gasteiger partial charge in [-0.2, -0.15) is 0 Å². The van der Waals surface area contributed by atoms with Crippen molar-refractivity contribution >= 4 is 121 Å². The van der Waals surface area contributed by atoms with E-state index < -0.39 is 0 Å². The van der Waals surface area contributed by atoms with Crippen LogP contribution in [-0.4, -0.2) is 4.57 Å². The second-order valence-corrected chi connectivity index (χ2v) is 17.4. The molecule has 1 aromatic heterocycles. The molecule has 0 atom stereocenters. The summed E-state index contributed by atoms with van der Waals surface area (Å²) in [7, 11) is 0. The molecule has 0 aliphatic heterocycles. The normalized spacial score (nSPS) is 12.0. The summed E-state index contributed by atoms with van der Waals surface area (Å²) in [6.45, 7) is 0. The minimum atomic E-state index is 1.10. The van der Waals surface area contributed by atoms with Crippen LogP contribution in [0.1, 0.15) is 0 Å². The highest BCUT2D eigenvalue weighted by Gasteiger charge is 2.22. The Labute approximate surface area is 375 Å². The smallest absolute Gasteiger partial charge is 0.0542 e. The molecule has 13 aromatic carbocycles. The van der Waals surface area contributed by atoms with Crippen LogP contribution in [0.15, 0.2) is 237 Å². The van der Waals surface area contributed by atoms with Gasteiger partial charge < -0.3 is 14.4 Å². The fourth-order valence-electron chi connectivity index (χ4n) is 10.9. The maximum atomic E-state index is 2.42. The summed E-state index contributed by atoms with van der Waals surface area (Å²) in [6, 6.07) is 87.2. The van der Waals surface area contributed by atoms with E-state index in [0.29, 0.717) is 0 Å². The van der Waals surface area contributed by atoms with E-state index in [4.69, 9.17) is 0 Å². The van der Waals surface area contributed by atoms with Crippen LogP contribution in [0.3, 0.4) is 0 Å². The highest BCUT2D eigenvalue weighted by Crippen LogP contribution is 2.46. The Morgan fingerprint density at radius 1 is 0.231 bits per heavy atom. The Kier molecular flexibility index (Phi) is 7.69. The van der Waals surface area contributed by atoms with E-state index in [1.165, 1.54) is 75.4 Å².